The summed E-state index contributed by atoms with van der Waals surface area (Å²) >= 11 is 7.08. The van der Waals surface area contributed by atoms with Crippen molar-refractivity contribution in [1.29, 1.82) is 0 Å². The Hall–Kier alpha value is -0.446. The Bertz CT molecular complexity index is 740. The molecule has 0 aliphatic carbocycles. The topological polar surface area (TPSA) is 40.5 Å². The summed E-state index contributed by atoms with van der Waals surface area (Å²) in [6, 6.07) is 0. The van der Waals surface area contributed by atoms with Gasteiger partial charge in [-0.1, -0.05) is 48.0 Å². The van der Waals surface area contributed by atoms with Gasteiger partial charge in [-0.15, -0.1) is 11.3 Å². The highest BCUT2D eigenvalue weighted by Crippen LogP contribution is 2.38. The van der Waals surface area contributed by atoms with Gasteiger partial charge in [0, 0.05) is 13.0 Å². The van der Waals surface area contributed by atoms with Gasteiger partial charge in [-0.25, -0.2) is 0 Å². The van der Waals surface area contributed by atoms with Crippen molar-refractivity contribution in [3.8, 4) is 5.88 Å². The summed E-state index contributed by atoms with van der Waals surface area (Å²) in [6.45, 7) is 22.8. The molecule has 0 aliphatic rings. The van der Waals surface area contributed by atoms with Crippen LogP contribution in [0.25, 0.3) is 0 Å². The van der Waals surface area contributed by atoms with Gasteiger partial charge in [0.1, 0.15) is 0 Å². The Morgan fingerprint density at radius 2 is 1.55 bits per heavy atom. The summed E-state index contributed by atoms with van der Waals surface area (Å²) in [5.74, 6) is 0.856. The molecular formula is C21H41NO3S2Si2. The van der Waals surface area contributed by atoms with E-state index in [1.807, 2.05) is 5.38 Å². The van der Waals surface area contributed by atoms with E-state index in [2.05, 4.69) is 72.3 Å². The van der Waals surface area contributed by atoms with Gasteiger partial charge in [-0.05, 0) is 61.3 Å². The highest BCUT2D eigenvalue weighted by molar-refractivity contribution is 7.73. The van der Waals surface area contributed by atoms with Crippen LogP contribution in [0.4, 0.5) is 0 Å². The maximum Gasteiger partial charge on any atom is 0.292 e. The molecule has 0 aromatic carbocycles. The average Bonchev–Trinajstić information content (AvgIpc) is 2.84. The van der Waals surface area contributed by atoms with E-state index >= 15 is 0 Å². The number of carbonyl (C=O) groups is 1. The van der Waals surface area contributed by atoms with Gasteiger partial charge in [0.25, 0.3) is 22.6 Å². The van der Waals surface area contributed by atoms with Gasteiger partial charge in [0.05, 0.1) is 5.38 Å². The van der Waals surface area contributed by atoms with Gasteiger partial charge in [-0.3, -0.25) is 9.36 Å². The SMILES string of the molecule is CC(C)(C)[Si](C)(C)OC(=O)CCCCCn1c(O[Si](C)(C)C(C)(C)C)csc1=S. The first-order chi connectivity index (χ1) is 13.0. The number of rotatable bonds is 9. The predicted octanol–water partition coefficient (Wildman–Crippen LogP) is 7.77. The lowest BCUT2D eigenvalue weighted by Crippen LogP contribution is -2.44. The van der Waals surface area contributed by atoms with Crippen molar-refractivity contribution in [3.05, 3.63) is 9.33 Å². The summed E-state index contributed by atoms with van der Waals surface area (Å²) in [5.41, 5.74) is 0. The molecule has 4 nitrogen and oxygen atoms in total. The fraction of sp³-hybridized carbons (Fsp3) is 0.810. The molecule has 1 heterocycles. The second-order valence-electron chi connectivity index (χ2n) is 10.9. The molecule has 1 aromatic rings. The molecule has 0 aliphatic heterocycles. The first-order valence-electron chi connectivity index (χ1n) is 10.6. The van der Waals surface area contributed by atoms with Crippen molar-refractivity contribution in [3.63, 3.8) is 0 Å². The van der Waals surface area contributed by atoms with Crippen molar-refractivity contribution in [2.24, 2.45) is 0 Å². The quantitative estimate of drug-likeness (QED) is 0.208. The van der Waals surface area contributed by atoms with Crippen LogP contribution < -0.4 is 4.43 Å². The highest BCUT2D eigenvalue weighted by Gasteiger charge is 2.40. The molecule has 0 fully saturated rings. The van der Waals surface area contributed by atoms with E-state index in [4.69, 9.17) is 21.1 Å². The van der Waals surface area contributed by atoms with E-state index < -0.39 is 16.6 Å². The van der Waals surface area contributed by atoms with Gasteiger partial charge in [0.15, 0.2) is 9.83 Å². The number of unbranched alkanes of at least 4 members (excludes halogenated alkanes) is 2. The summed E-state index contributed by atoms with van der Waals surface area (Å²) in [4.78, 5) is 12.2. The van der Waals surface area contributed by atoms with E-state index in [-0.39, 0.29) is 16.0 Å². The van der Waals surface area contributed by atoms with E-state index in [9.17, 15) is 4.79 Å². The minimum absolute atomic E-state index is 0.0503. The minimum atomic E-state index is -2.01. The zero-order valence-corrected chi connectivity index (χ0v) is 23.7. The van der Waals surface area contributed by atoms with Crippen LogP contribution in [-0.2, 0) is 15.8 Å². The van der Waals surface area contributed by atoms with Crippen LogP contribution in [0.3, 0.4) is 0 Å². The molecular weight excluding hydrogens is 435 g/mol. The van der Waals surface area contributed by atoms with Gasteiger partial charge in [-0.2, -0.15) is 0 Å². The fourth-order valence-corrected chi connectivity index (χ4v) is 5.29. The number of hydrogen-bond acceptors (Lipinski definition) is 5. The molecule has 0 radical (unpaired) electrons. The smallest absolute Gasteiger partial charge is 0.292 e. The predicted molar refractivity (Wildman–Crippen MR) is 133 cm³/mol. The van der Waals surface area contributed by atoms with E-state index in [0.717, 1.165) is 35.6 Å². The standard InChI is InChI=1S/C21H41NO3S2Si2/c1-20(2,3)28(7,8)24-17-16-27-19(26)22(17)15-13-11-12-14-18(23)25-29(9,10)21(4,5)6/h16H,11-15H2,1-10H3. The monoisotopic (exact) mass is 475 g/mol. The van der Waals surface area contributed by atoms with E-state index in [0.29, 0.717) is 6.42 Å². The Morgan fingerprint density at radius 1 is 1.00 bits per heavy atom. The van der Waals surface area contributed by atoms with Crippen LogP contribution in [-0.4, -0.2) is 27.2 Å². The normalized spacial score (nSPS) is 13.4. The van der Waals surface area contributed by atoms with Crippen molar-refractivity contribution in [2.45, 2.75) is 110 Å². The average molecular weight is 476 g/mol. The first kappa shape index (κ1) is 26.6. The van der Waals surface area contributed by atoms with Gasteiger partial charge in [0.2, 0.25) is 0 Å². The third kappa shape index (κ3) is 7.63. The molecule has 0 unspecified atom stereocenters. The molecule has 0 spiro atoms. The Labute approximate surface area is 189 Å². The second kappa shape index (κ2) is 9.79. The lowest BCUT2D eigenvalue weighted by molar-refractivity contribution is -0.135. The third-order valence-electron chi connectivity index (χ3n) is 6.35. The molecule has 0 saturated carbocycles. The number of thiazole rings is 1. The third-order valence-corrected chi connectivity index (χ3v) is 16.3. The van der Waals surface area contributed by atoms with Crippen LogP contribution in [0.5, 0.6) is 5.88 Å². The van der Waals surface area contributed by atoms with Gasteiger partial charge >= 0.3 is 0 Å². The Kier molecular flexibility index (Phi) is 8.97. The fourth-order valence-electron chi connectivity index (χ4n) is 2.22. The molecule has 0 bridgehead atoms. The van der Waals surface area contributed by atoms with Crippen molar-refractivity contribution >= 4 is 46.2 Å². The van der Waals surface area contributed by atoms with Gasteiger partial charge < -0.3 is 8.85 Å². The number of aromatic nitrogens is 1. The maximum absolute atomic E-state index is 12.2. The minimum Gasteiger partial charge on any atom is -0.531 e. The van der Waals surface area contributed by atoms with Crippen molar-refractivity contribution in [2.75, 3.05) is 0 Å². The number of carbonyl (C=O) groups excluding carboxylic acids is 1. The summed E-state index contributed by atoms with van der Waals surface area (Å²) in [5, 5.41) is 2.25. The zero-order valence-electron chi connectivity index (χ0n) is 20.1. The molecule has 0 atom stereocenters. The van der Waals surface area contributed by atoms with Crippen molar-refractivity contribution < 1.29 is 13.6 Å². The Morgan fingerprint density at radius 3 is 2.07 bits per heavy atom. The van der Waals surface area contributed by atoms with E-state index in [1.54, 1.807) is 11.3 Å². The van der Waals surface area contributed by atoms with Crippen LogP contribution >= 0.6 is 23.6 Å². The maximum atomic E-state index is 12.2. The lowest BCUT2D eigenvalue weighted by atomic mass is 10.2. The van der Waals surface area contributed by atoms with Crippen LogP contribution in [0.15, 0.2) is 5.38 Å². The molecule has 1 aromatic heterocycles. The number of hydrogen-bond donors (Lipinski definition) is 0. The van der Waals surface area contributed by atoms with Crippen LogP contribution in [0.2, 0.25) is 36.3 Å². The molecule has 168 valence electrons. The van der Waals surface area contributed by atoms with Crippen molar-refractivity contribution in [1.82, 2.24) is 4.57 Å². The molecule has 29 heavy (non-hydrogen) atoms. The second-order valence-corrected chi connectivity index (χ2v) is 21.9. The van der Waals surface area contributed by atoms with E-state index in [1.165, 1.54) is 0 Å². The molecule has 1 rings (SSSR count). The van der Waals surface area contributed by atoms with Crippen LogP contribution in [0, 0.1) is 3.95 Å². The first-order valence-corrected chi connectivity index (χ1v) is 17.7. The summed E-state index contributed by atoms with van der Waals surface area (Å²) in [6.07, 6.45) is 3.30. The molecule has 8 heteroatoms. The number of nitrogens with zero attached hydrogens (tertiary/aromatic N) is 1. The lowest BCUT2D eigenvalue weighted by Gasteiger charge is -2.36. The summed E-state index contributed by atoms with van der Waals surface area (Å²) < 4.78 is 15.3. The largest absolute Gasteiger partial charge is 0.531 e. The molecule has 0 saturated heterocycles. The van der Waals surface area contributed by atoms with Crippen LogP contribution in [0.1, 0.15) is 67.2 Å². The summed E-state index contributed by atoms with van der Waals surface area (Å²) in [7, 11) is -3.90. The molecule has 0 N–H and O–H groups in total. The highest BCUT2D eigenvalue weighted by atomic mass is 32.1. The Balaban J connectivity index is 2.53. The zero-order chi connectivity index (χ0) is 22.7. The molecule has 0 amide bonds.